The van der Waals surface area contributed by atoms with Gasteiger partial charge in [0.15, 0.2) is 11.0 Å². The Bertz CT molecular complexity index is 909. The molecule has 1 fully saturated rings. The number of carbonyl (C=O) groups is 1. The van der Waals surface area contributed by atoms with Gasteiger partial charge < -0.3 is 5.32 Å². The van der Waals surface area contributed by atoms with Crippen LogP contribution >= 0.6 is 11.8 Å². The van der Waals surface area contributed by atoms with Crippen molar-refractivity contribution in [2.75, 3.05) is 0 Å². The van der Waals surface area contributed by atoms with Crippen LogP contribution in [0.15, 0.2) is 60.0 Å². The van der Waals surface area contributed by atoms with Crippen molar-refractivity contribution in [1.29, 1.82) is 0 Å². The fourth-order valence-electron chi connectivity index (χ4n) is 2.75. The standard InChI is InChI=1S/C20H21N5OS/c1-14(19(26)22-17-9-10-17)27-20-24-23-18(16-8-5-11-21-12-16)25(20)13-15-6-3-2-4-7-15/h2-8,11-12,14,17H,9-10,13H2,1H3,(H,22,26)/t14-/m0/s1. The zero-order chi connectivity index (χ0) is 18.6. The number of pyridine rings is 1. The average Bonchev–Trinajstić information content (AvgIpc) is 3.44. The number of nitrogens with one attached hydrogen (secondary N) is 1. The number of hydrogen-bond acceptors (Lipinski definition) is 5. The molecule has 0 unspecified atom stereocenters. The highest BCUT2D eigenvalue weighted by atomic mass is 32.2. The first kappa shape index (κ1) is 17.7. The normalized spacial score (nSPS) is 14.7. The van der Waals surface area contributed by atoms with Crippen LogP contribution < -0.4 is 5.32 Å². The Kier molecular flexibility index (Phi) is 5.20. The summed E-state index contributed by atoms with van der Waals surface area (Å²) in [6, 6.07) is 14.4. The molecule has 27 heavy (non-hydrogen) atoms. The van der Waals surface area contributed by atoms with Crippen LogP contribution in [0.5, 0.6) is 0 Å². The lowest BCUT2D eigenvalue weighted by molar-refractivity contribution is -0.120. The topological polar surface area (TPSA) is 72.7 Å². The first-order valence-electron chi connectivity index (χ1n) is 9.05. The van der Waals surface area contributed by atoms with Crippen LogP contribution in [0, 0.1) is 0 Å². The van der Waals surface area contributed by atoms with Crippen molar-refractivity contribution in [2.45, 2.75) is 42.8 Å². The van der Waals surface area contributed by atoms with Crippen LogP contribution in [-0.4, -0.2) is 36.9 Å². The molecule has 0 spiro atoms. The van der Waals surface area contributed by atoms with E-state index < -0.39 is 0 Å². The van der Waals surface area contributed by atoms with Crippen LogP contribution in [-0.2, 0) is 11.3 Å². The number of benzene rings is 1. The summed E-state index contributed by atoms with van der Waals surface area (Å²) in [5, 5.41) is 12.3. The average molecular weight is 379 g/mol. The minimum Gasteiger partial charge on any atom is -0.352 e. The summed E-state index contributed by atoms with van der Waals surface area (Å²) < 4.78 is 2.05. The van der Waals surface area contributed by atoms with E-state index in [0.29, 0.717) is 12.6 Å². The van der Waals surface area contributed by atoms with Gasteiger partial charge in [0.1, 0.15) is 0 Å². The largest absolute Gasteiger partial charge is 0.352 e. The molecule has 7 heteroatoms. The molecular formula is C20H21N5OS. The number of rotatable bonds is 7. The fraction of sp³-hybridized carbons (Fsp3) is 0.300. The SMILES string of the molecule is C[C@H](Sc1nnc(-c2cccnc2)n1Cc1ccccc1)C(=O)NC1CC1. The zero-order valence-corrected chi connectivity index (χ0v) is 15.9. The Morgan fingerprint density at radius 3 is 2.74 bits per heavy atom. The van der Waals surface area contributed by atoms with Gasteiger partial charge in [0.05, 0.1) is 11.8 Å². The summed E-state index contributed by atoms with van der Waals surface area (Å²) in [7, 11) is 0. The van der Waals surface area contributed by atoms with Crippen molar-refractivity contribution in [3.63, 3.8) is 0 Å². The number of aromatic nitrogens is 4. The molecule has 0 saturated heterocycles. The third kappa shape index (κ3) is 4.36. The van der Waals surface area contributed by atoms with E-state index in [1.54, 1.807) is 12.4 Å². The van der Waals surface area contributed by atoms with Crippen LogP contribution in [0.3, 0.4) is 0 Å². The Hall–Kier alpha value is -2.67. The predicted molar refractivity (Wildman–Crippen MR) is 105 cm³/mol. The highest BCUT2D eigenvalue weighted by molar-refractivity contribution is 8.00. The van der Waals surface area contributed by atoms with Gasteiger partial charge in [-0.05, 0) is 37.5 Å². The summed E-state index contributed by atoms with van der Waals surface area (Å²) in [6.45, 7) is 2.55. The second kappa shape index (κ2) is 7.92. The first-order chi connectivity index (χ1) is 13.2. The molecule has 1 N–H and O–H groups in total. The molecule has 138 valence electrons. The smallest absolute Gasteiger partial charge is 0.233 e. The molecule has 1 atom stereocenters. The van der Waals surface area contributed by atoms with Crippen molar-refractivity contribution < 1.29 is 4.79 Å². The maximum Gasteiger partial charge on any atom is 0.233 e. The highest BCUT2D eigenvalue weighted by Crippen LogP contribution is 2.28. The van der Waals surface area contributed by atoms with Gasteiger partial charge in [-0.25, -0.2) is 0 Å². The number of amides is 1. The van der Waals surface area contributed by atoms with Gasteiger partial charge in [0.2, 0.25) is 5.91 Å². The number of nitrogens with zero attached hydrogens (tertiary/aromatic N) is 4. The van der Waals surface area contributed by atoms with Crippen molar-refractivity contribution in [3.8, 4) is 11.4 Å². The van der Waals surface area contributed by atoms with Crippen molar-refractivity contribution in [2.24, 2.45) is 0 Å². The third-order valence-corrected chi connectivity index (χ3v) is 5.48. The first-order valence-corrected chi connectivity index (χ1v) is 9.93. The van der Waals surface area contributed by atoms with Crippen molar-refractivity contribution >= 4 is 17.7 Å². The zero-order valence-electron chi connectivity index (χ0n) is 15.1. The van der Waals surface area contributed by atoms with Crippen LogP contribution in [0.2, 0.25) is 0 Å². The van der Waals surface area contributed by atoms with E-state index >= 15 is 0 Å². The van der Waals surface area contributed by atoms with E-state index in [2.05, 4.69) is 37.2 Å². The molecule has 1 aliphatic carbocycles. The van der Waals surface area contributed by atoms with Gasteiger partial charge in [-0.3, -0.25) is 14.3 Å². The molecule has 1 amide bonds. The monoisotopic (exact) mass is 379 g/mol. The molecule has 1 saturated carbocycles. The lowest BCUT2D eigenvalue weighted by atomic mass is 10.2. The summed E-state index contributed by atoms with van der Waals surface area (Å²) >= 11 is 1.44. The number of carbonyl (C=O) groups excluding carboxylic acids is 1. The Balaban J connectivity index is 1.62. The molecule has 0 bridgehead atoms. The molecule has 1 aliphatic rings. The molecule has 6 nitrogen and oxygen atoms in total. The molecule has 1 aromatic carbocycles. The van der Waals surface area contributed by atoms with Gasteiger partial charge >= 0.3 is 0 Å². The molecule has 0 aliphatic heterocycles. The van der Waals surface area contributed by atoms with E-state index in [1.807, 2.05) is 37.3 Å². The summed E-state index contributed by atoms with van der Waals surface area (Å²) in [5.41, 5.74) is 2.06. The van der Waals surface area contributed by atoms with Crippen LogP contribution in [0.1, 0.15) is 25.3 Å². The molecule has 0 radical (unpaired) electrons. The lowest BCUT2D eigenvalue weighted by Gasteiger charge is -2.13. The third-order valence-electron chi connectivity index (χ3n) is 4.40. The Morgan fingerprint density at radius 2 is 2.04 bits per heavy atom. The molecule has 4 rings (SSSR count). The van der Waals surface area contributed by atoms with E-state index in [9.17, 15) is 4.79 Å². The minimum absolute atomic E-state index is 0.0553. The summed E-state index contributed by atoms with van der Waals surface area (Å²) in [4.78, 5) is 16.5. The van der Waals surface area contributed by atoms with Gasteiger partial charge in [-0.2, -0.15) is 0 Å². The Labute approximate surface area is 162 Å². The Morgan fingerprint density at radius 1 is 1.22 bits per heavy atom. The number of thioether (sulfide) groups is 1. The van der Waals surface area contributed by atoms with E-state index in [4.69, 9.17) is 0 Å². The summed E-state index contributed by atoms with van der Waals surface area (Å²) in [6.07, 6.45) is 5.68. The van der Waals surface area contributed by atoms with Crippen molar-refractivity contribution in [1.82, 2.24) is 25.1 Å². The second-order valence-corrected chi connectivity index (χ2v) is 7.97. The highest BCUT2D eigenvalue weighted by Gasteiger charge is 2.27. The van der Waals surface area contributed by atoms with Crippen LogP contribution in [0.4, 0.5) is 0 Å². The molecular weight excluding hydrogens is 358 g/mol. The van der Waals surface area contributed by atoms with Gasteiger partial charge in [0.25, 0.3) is 0 Å². The summed E-state index contributed by atoms with van der Waals surface area (Å²) in [5.74, 6) is 0.809. The molecule has 3 aromatic rings. The number of hydrogen-bond donors (Lipinski definition) is 1. The molecule has 2 aromatic heterocycles. The predicted octanol–water partition coefficient (Wildman–Crippen LogP) is 3.15. The van der Waals surface area contributed by atoms with E-state index in [0.717, 1.165) is 34.9 Å². The quantitative estimate of drug-likeness (QED) is 0.639. The van der Waals surface area contributed by atoms with E-state index in [-0.39, 0.29) is 11.2 Å². The van der Waals surface area contributed by atoms with Crippen molar-refractivity contribution in [3.05, 3.63) is 60.4 Å². The maximum atomic E-state index is 12.3. The maximum absolute atomic E-state index is 12.3. The fourth-order valence-corrected chi connectivity index (χ4v) is 3.61. The lowest BCUT2D eigenvalue weighted by Crippen LogP contribution is -2.32. The second-order valence-electron chi connectivity index (χ2n) is 6.66. The van der Waals surface area contributed by atoms with Gasteiger partial charge in [0, 0.05) is 24.0 Å². The van der Waals surface area contributed by atoms with Crippen LogP contribution in [0.25, 0.3) is 11.4 Å². The van der Waals surface area contributed by atoms with Gasteiger partial charge in [-0.1, -0.05) is 42.1 Å². The molecule has 2 heterocycles. The minimum atomic E-state index is -0.230. The van der Waals surface area contributed by atoms with E-state index in [1.165, 1.54) is 11.8 Å². The van der Waals surface area contributed by atoms with Gasteiger partial charge in [-0.15, -0.1) is 10.2 Å².